The maximum Gasteiger partial charge on any atom is 0.330 e. The molecule has 4 rings (SSSR count). The van der Waals surface area contributed by atoms with Crippen molar-refractivity contribution in [3.05, 3.63) is 88.9 Å². The van der Waals surface area contributed by atoms with Gasteiger partial charge in [-0.1, -0.05) is 49.4 Å². The number of anilines is 1. The van der Waals surface area contributed by atoms with Gasteiger partial charge in [0, 0.05) is 17.8 Å². The number of nitrogens with one attached hydrogen (secondary N) is 1. The lowest BCUT2D eigenvalue weighted by molar-refractivity contribution is -0.138. The van der Waals surface area contributed by atoms with E-state index in [0.717, 1.165) is 45.9 Å². The highest BCUT2D eigenvalue weighted by atomic mass is 16.4. The summed E-state index contributed by atoms with van der Waals surface area (Å²) in [5, 5.41) is 12.8. The first-order valence-electron chi connectivity index (χ1n) is 10.4. The second-order valence-corrected chi connectivity index (χ2v) is 7.74. The van der Waals surface area contributed by atoms with Gasteiger partial charge < -0.3 is 15.0 Å². The lowest BCUT2D eigenvalue weighted by Crippen LogP contribution is -2.20. The Hall–Kier alpha value is -3.67. The normalized spacial score (nSPS) is 12.1. The highest BCUT2D eigenvalue weighted by Gasteiger charge is 2.19. The zero-order valence-corrected chi connectivity index (χ0v) is 18.0. The van der Waals surface area contributed by atoms with Crippen LogP contribution < -0.4 is 5.32 Å². The largest absolute Gasteiger partial charge is 0.479 e. The highest BCUT2D eigenvalue weighted by Crippen LogP contribution is 2.23. The van der Waals surface area contributed by atoms with Gasteiger partial charge in [0.1, 0.15) is 11.3 Å². The fourth-order valence-electron chi connectivity index (χ4n) is 3.87. The van der Waals surface area contributed by atoms with Crippen molar-refractivity contribution in [3.8, 4) is 0 Å². The van der Waals surface area contributed by atoms with E-state index in [1.54, 1.807) is 0 Å². The van der Waals surface area contributed by atoms with Crippen molar-refractivity contribution >= 4 is 22.8 Å². The third-order valence-electron chi connectivity index (χ3n) is 5.40. The van der Waals surface area contributed by atoms with Crippen molar-refractivity contribution in [1.29, 1.82) is 0 Å². The summed E-state index contributed by atoms with van der Waals surface area (Å²) in [6.45, 7) is 6.83. The minimum atomic E-state index is -0.912. The van der Waals surface area contributed by atoms with Gasteiger partial charge in [-0.15, -0.1) is 0 Å². The standard InChI is InChI=1S/C25H26N4O2/c1-4-21-28-22-16(2)14-17(3)26-24(22)29(21)15-18-10-12-20(13-11-18)27-23(25(30)31)19-8-6-5-7-9-19/h5-14,23,27H,4,15H2,1-3H3,(H,30,31). The SMILES string of the molecule is CCc1nc2c(C)cc(C)nc2n1Cc1ccc(NC(C(=O)O)c2ccccc2)cc1. The lowest BCUT2D eigenvalue weighted by atomic mass is 10.1. The van der Waals surface area contributed by atoms with Crippen LogP contribution in [0.5, 0.6) is 0 Å². The number of aromatic nitrogens is 3. The molecule has 0 aliphatic rings. The summed E-state index contributed by atoms with van der Waals surface area (Å²) < 4.78 is 2.17. The fourth-order valence-corrected chi connectivity index (χ4v) is 3.87. The number of nitrogens with zero attached hydrogens (tertiary/aromatic N) is 3. The molecule has 0 radical (unpaired) electrons. The number of carboxylic acids is 1. The summed E-state index contributed by atoms with van der Waals surface area (Å²) in [5.74, 6) is 0.0954. The number of pyridine rings is 1. The van der Waals surface area contributed by atoms with Crippen molar-refractivity contribution in [3.63, 3.8) is 0 Å². The topological polar surface area (TPSA) is 80.0 Å². The zero-order valence-electron chi connectivity index (χ0n) is 18.0. The Balaban J connectivity index is 1.59. The molecule has 6 heteroatoms. The first kappa shape index (κ1) is 20.6. The molecule has 6 nitrogen and oxygen atoms in total. The van der Waals surface area contributed by atoms with Crippen molar-refractivity contribution < 1.29 is 9.90 Å². The number of carbonyl (C=O) groups is 1. The second kappa shape index (κ2) is 8.60. The quantitative estimate of drug-likeness (QED) is 0.450. The van der Waals surface area contributed by atoms with Crippen molar-refractivity contribution in [1.82, 2.24) is 14.5 Å². The number of aliphatic carboxylic acids is 1. The van der Waals surface area contributed by atoms with Gasteiger partial charge in [0.25, 0.3) is 0 Å². The van der Waals surface area contributed by atoms with Crippen LogP contribution >= 0.6 is 0 Å². The van der Waals surface area contributed by atoms with Crippen LogP contribution in [0.15, 0.2) is 60.7 Å². The van der Waals surface area contributed by atoms with Crippen LogP contribution in [-0.4, -0.2) is 25.6 Å². The zero-order chi connectivity index (χ0) is 22.0. The van der Waals surface area contributed by atoms with Crippen molar-refractivity contribution in [2.45, 2.75) is 39.8 Å². The molecule has 0 saturated heterocycles. The number of fused-ring (bicyclic) bond motifs is 1. The monoisotopic (exact) mass is 414 g/mol. The van der Waals surface area contributed by atoms with E-state index in [0.29, 0.717) is 12.1 Å². The average molecular weight is 415 g/mol. The summed E-state index contributed by atoms with van der Waals surface area (Å²) in [4.78, 5) is 21.3. The summed E-state index contributed by atoms with van der Waals surface area (Å²) in [5.41, 5.74) is 6.56. The molecule has 0 aliphatic heterocycles. The molecule has 0 bridgehead atoms. The van der Waals surface area contributed by atoms with Crippen LogP contribution in [0, 0.1) is 13.8 Å². The van der Waals surface area contributed by atoms with Gasteiger partial charge in [0.15, 0.2) is 11.7 Å². The number of rotatable bonds is 7. The van der Waals surface area contributed by atoms with Crippen LogP contribution in [0.3, 0.4) is 0 Å². The van der Waals surface area contributed by atoms with Crippen LogP contribution in [0.25, 0.3) is 11.2 Å². The number of aryl methyl sites for hydroxylation is 3. The second-order valence-electron chi connectivity index (χ2n) is 7.74. The Morgan fingerprint density at radius 1 is 1.06 bits per heavy atom. The molecule has 2 N–H and O–H groups in total. The van der Waals surface area contributed by atoms with E-state index in [1.807, 2.05) is 61.5 Å². The molecular weight excluding hydrogens is 388 g/mol. The maximum atomic E-state index is 11.8. The molecule has 0 fully saturated rings. The minimum Gasteiger partial charge on any atom is -0.479 e. The van der Waals surface area contributed by atoms with E-state index in [9.17, 15) is 9.90 Å². The van der Waals surface area contributed by atoms with Gasteiger partial charge in [0.2, 0.25) is 0 Å². The molecule has 31 heavy (non-hydrogen) atoms. The van der Waals surface area contributed by atoms with E-state index in [1.165, 1.54) is 0 Å². The molecule has 2 heterocycles. The summed E-state index contributed by atoms with van der Waals surface area (Å²) in [7, 11) is 0. The number of hydrogen-bond acceptors (Lipinski definition) is 4. The van der Waals surface area contributed by atoms with Gasteiger partial charge in [-0.25, -0.2) is 14.8 Å². The van der Waals surface area contributed by atoms with E-state index in [4.69, 9.17) is 9.97 Å². The predicted octanol–water partition coefficient (Wildman–Crippen LogP) is 4.90. The van der Waals surface area contributed by atoms with Gasteiger partial charge in [-0.3, -0.25) is 0 Å². The number of benzene rings is 2. The minimum absolute atomic E-state index is 0.664. The Kier molecular flexibility index (Phi) is 5.71. The van der Waals surface area contributed by atoms with E-state index >= 15 is 0 Å². The summed E-state index contributed by atoms with van der Waals surface area (Å²) in [6.07, 6.45) is 0.825. The van der Waals surface area contributed by atoms with Gasteiger partial charge in [0.05, 0.1) is 6.54 Å². The molecule has 2 aromatic heterocycles. The Morgan fingerprint density at radius 3 is 2.42 bits per heavy atom. The molecule has 0 spiro atoms. The van der Waals surface area contributed by atoms with E-state index in [2.05, 4.69) is 29.8 Å². The lowest BCUT2D eigenvalue weighted by Gasteiger charge is -2.16. The van der Waals surface area contributed by atoms with Crippen LogP contribution in [0.1, 0.15) is 41.2 Å². The van der Waals surface area contributed by atoms with Gasteiger partial charge in [-0.05, 0) is 48.7 Å². The van der Waals surface area contributed by atoms with E-state index in [-0.39, 0.29) is 0 Å². The fraction of sp³-hybridized carbons (Fsp3) is 0.240. The molecule has 158 valence electrons. The summed E-state index contributed by atoms with van der Waals surface area (Å²) >= 11 is 0. The van der Waals surface area contributed by atoms with Crippen LogP contribution in [0.4, 0.5) is 5.69 Å². The Labute approximate surface area is 181 Å². The molecule has 0 aliphatic carbocycles. The number of hydrogen-bond donors (Lipinski definition) is 2. The number of imidazole rings is 1. The Bertz CT molecular complexity index is 1210. The third kappa shape index (κ3) is 4.28. The Morgan fingerprint density at radius 2 is 1.77 bits per heavy atom. The number of carboxylic acid groups (broad SMARTS) is 1. The molecule has 2 aromatic carbocycles. The van der Waals surface area contributed by atoms with Crippen molar-refractivity contribution in [2.75, 3.05) is 5.32 Å². The molecule has 1 unspecified atom stereocenters. The summed E-state index contributed by atoms with van der Waals surface area (Å²) in [6, 6.07) is 18.3. The molecule has 0 amide bonds. The van der Waals surface area contributed by atoms with Crippen LogP contribution in [-0.2, 0) is 17.8 Å². The maximum absolute atomic E-state index is 11.8. The highest BCUT2D eigenvalue weighted by molar-refractivity contribution is 5.79. The molecular formula is C25H26N4O2. The average Bonchev–Trinajstić information content (AvgIpc) is 3.11. The molecule has 4 aromatic rings. The molecule has 0 saturated carbocycles. The third-order valence-corrected chi connectivity index (χ3v) is 5.40. The molecule has 1 atom stereocenters. The smallest absolute Gasteiger partial charge is 0.330 e. The van der Waals surface area contributed by atoms with E-state index < -0.39 is 12.0 Å². The predicted molar refractivity (Wildman–Crippen MR) is 122 cm³/mol. The van der Waals surface area contributed by atoms with Gasteiger partial charge in [-0.2, -0.15) is 0 Å². The van der Waals surface area contributed by atoms with Crippen LogP contribution in [0.2, 0.25) is 0 Å². The first-order valence-corrected chi connectivity index (χ1v) is 10.4. The van der Waals surface area contributed by atoms with Crippen molar-refractivity contribution in [2.24, 2.45) is 0 Å². The first-order chi connectivity index (χ1) is 15.0. The van der Waals surface area contributed by atoms with Gasteiger partial charge >= 0.3 is 5.97 Å².